The lowest BCUT2D eigenvalue weighted by Crippen LogP contribution is -2.21. The lowest BCUT2D eigenvalue weighted by Gasteiger charge is -2.09. The predicted octanol–water partition coefficient (Wildman–Crippen LogP) is 5.81. The van der Waals surface area contributed by atoms with Crippen molar-refractivity contribution in [1.29, 1.82) is 0 Å². The number of ether oxygens (including phenoxy) is 1. The van der Waals surface area contributed by atoms with E-state index in [4.69, 9.17) is 9.15 Å². The SMILES string of the molecule is COC(=O)c1cc([C@H](C)c2ccccc2)sc1NC(=O)c1cc2cc(Br)ccc2oc1=O. The first kappa shape index (κ1) is 22.0. The molecule has 4 rings (SSSR count). The average molecular weight is 512 g/mol. The van der Waals surface area contributed by atoms with Crippen LogP contribution in [-0.4, -0.2) is 19.0 Å². The molecule has 1 amide bonds. The molecule has 0 aliphatic rings. The van der Waals surface area contributed by atoms with Gasteiger partial charge < -0.3 is 14.5 Å². The molecule has 1 N–H and O–H groups in total. The molecule has 32 heavy (non-hydrogen) atoms. The van der Waals surface area contributed by atoms with Crippen molar-refractivity contribution in [2.24, 2.45) is 0 Å². The minimum absolute atomic E-state index is 0.00153. The normalized spacial score (nSPS) is 11.8. The van der Waals surface area contributed by atoms with Crippen LogP contribution in [0, 0.1) is 0 Å². The molecule has 162 valence electrons. The Morgan fingerprint density at radius 2 is 1.81 bits per heavy atom. The zero-order valence-corrected chi connectivity index (χ0v) is 19.6. The lowest BCUT2D eigenvalue weighted by molar-refractivity contribution is 0.0602. The van der Waals surface area contributed by atoms with Gasteiger partial charge in [-0.05, 0) is 35.9 Å². The van der Waals surface area contributed by atoms with Crippen LogP contribution in [0.5, 0.6) is 0 Å². The van der Waals surface area contributed by atoms with Crippen LogP contribution in [-0.2, 0) is 4.74 Å². The molecule has 0 aliphatic carbocycles. The zero-order valence-electron chi connectivity index (χ0n) is 17.2. The van der Waals surface area contributed by atoms with Crippen molar-refractivity contribution in [3.8, 4) is 0 Å². The van der Waals surface area contributed by atoms with Gasteiger partial charge in [-0.2, -0.15) is 0 Å². The van der Waals surface area contributed by atoms with Gasteiger partial charge in [0.1, 0.15) is 16.1 Å². The number of halogens is 1. The third-order valence-electron chi connectivity index (χ3n) is 5.05. The molecule has 6 nitrogen and oxygen atoms in total. The van der Waals surface area contributed by atoms with Gasteiger partial charge >= 0.3 is 11.6 Å². The summed E-state index contributed by atoms with van der Waals surface area (Å²) in [7, 11) is 1.28. The van der Waals surface area contributed by atoms with Gasteiger partial charge in [-0.1, -0.05) is 53.2 Å². The fraction of sp³-hybridized carbons (Fsp3) is 0.125. The van der Waals surface area contributed by atoms with E-state index in [0.717, 1.165) is 14.9 Å². The Hall–Kier alpha value is -3.23. The minimum Gasteiger partial charge on any atom is -0.465 e. The number of rotatable bonds is 5. The molecular weight excluding hydrogens is 494 g/mol. The Bertz CT molecular complexity index is 1380. The summed E-state index contributed by atoms with van der Waals surface area (Å²) in [5, 5.41) is 3.61. The van der Waals surface area contributed by atoms with E-state index in [2.05, 4.69) is 21.2 Å². The summed E-state index contributed by atoms with van der Waals surface area (Å²) in [5.74, 6) is -1.23. The summed E-state index contributed by atoms with van der Waals surface area (Å²) in [6.07, 6.45) is 0. The van der Waals surface area contributed by atoms with Crippen molar-refractivity contribution in [3.05, 3.63) is 97.1 Å². The standard InChI is InChI=1S/C24H18BrNO5S/c1-13(14-6-4-3-5-7-14)20-12-18(23(28)30-2)22(32-20)26-21(27)17-11-15-10-16(25)8-9-19(15)31-24(17)29/h3-13H,1-2H3,(H,26,27)/t13-/m1/s1. The number of thiophene rings is 1. The molecule has 2 aromatic carbocycles. The van der Waals surface area contributed by atoms with Crippen molar-refractivity contribution >= 4 is 55.1 Å². The van der Waals surface area contributed by atoms with Crippen molar-refractivity contribution in [1.82, 2.24) is 0 Å². The zero-order chi connectivity index (χ0) is 22.8. The third-order valence-corrected chi connectivity index (χ3v) is 6.78. The Kier molecular flexibility index (Phi) is 6.25. The van der Waals surface area contributed by atoms with Crippen LogP contribution in [0.4, 0.5) is 5.00 Å². The molecule has 0 fully saturated rings. The van der Waals surface area contributed by atoms with E-state index in [0.29, 0.717) is 16.0 Å². The first-order valence-corrected chi connectivity index (χ1v) is 11.3. The van der Waals surface area contributed by atoms with Crippen LogP contribution in [0.25, 0.3) is 11.0 Å². The number of carbonyl (C=O) groups is 2. The van der Waals surface area contributed by atoms with Crippen molar-refractivity contribution < 1.29 is 18.7 Å². The molecular formula is C24H18BrNO5S. The number of methoxy groups -OCH3 is 1. The van der Waals surface area contributed by atoms with E-state index in [1.165, 1.54) is 24.5 Å². The molecule has 1 atom stereocenters. The van der Waals surface area contributed by atoms with Gasteiger partial charge in [0, 0.05) is 20.7 Å². The second-order valence-electron chi connectivity index (χ2n) is 7.10. The highest BCUT2D eigenvalue weighted by Gasteiger charge is 2.23. The van der Waals surface area contributed by atoms with Crippen LogP contribution in [0.2, 0.25) is 0 Å². The van der Waals surface area contributed by atoms with Gasteiger partial charge in [0.25, 0.3) is 5.91 Å². The van der Waals surface area contributed by atoms with Crippen LogP contribution in [0.15, 0.2) is 74.3 Å². The average Bonchev–Trinajstić information content (AvgIpc) is 3.22. The summed E-state index contributed by atoms with van der Waals surface area (Å²) in [5.41, 5.74) is 0.768. The number of fused-ring (bicyclic) bond motifs is 1. The number of nitrogens with one attached hydrogen (secondary N) is 1. The number of hydrogen-bond acceptors (Lipinski definition) is 6. The van der Waals surface area contributed by atoms with E-state index in [-0.39, 0.29) is 17.0 Å². The molecule has 0 aliphatic heterocycles. The smallest absolute Gasteiger partial charge is 0.349 e. The monoisotopic (exact) mass is 511 g/mol. The Labute approximate surface area is 196 Å². The van der Waals surface area contributed by atoms with Gasteiger partial charge in [0.05, 0.1) is 12.7 Å². The third kappa shape index (κ3) is 4.37. The molecule has 2 aromatic heterocycles. The van der Waals surface area contributed by atoms with Gasteiger partial charge in [-0.3, -0.25) is 4.79 Å². The lowest BCUT2D eigenvalue weighted by atomic mass is 9.99. The summed E-state index contributed by atoms with van der Waals surface area (Å²) in [6.45, 7) is 2.02. The molecule has 2 heterocycles. The van der Waals surface area contributed by atoms with E-state index in [1.807, 2.05) is 37.3 Å². The molecule has 8 heteroatoms. The fourth-order valence-corrected chi connectivity index (χ4v) is 4.81. The highest BCUT2D eigenvalue weighted by Crippen LogP contribution is 2.36. The van der Waals surface area contributed by atoms with Gasteiger partial charge in [0.15, 0.2) is 0 Å². The summed E-state index contributed by atoms with van der Waals surface area (Å²) in [4.78, 5) is 38.6. The summed E-state index contributed by atoms with van der Waals surface area (Å²) >= 11 is 4.63. The van der Waals surface area contributed by atoms with Crippen LogP contribution < -0.4 is 10.9 Å². The quantitative estimate of drug-likeness (QED) is 0.270. The molecule has 0 saturated carbocycles. The van der Waals surface area contributed by atoms with Crippen molar-refractivity contribution in [2.75, 3.05) is 12.4 Å². The summed E-state index contributed by atoms with van der Waals surface area (Å²) < 4.78 is 11.0. The van der Waals surface area contributed by atoms with E-state index in [1.54, 1.807) is 24.3 Å². The maximum absolute atomic E-state index is 12.9. The number of hydrogen-bond donors (Lipinski definition) is 1. The molecule has 0 bridgehead atoms. The largest absolute Gasteiger partial charge is 0.465 e. The predicted molar refractivity (Wildman–Crippen MR) is 128 cm³/mol. The Balaban J connectivity index is 1.70. The molecule has 4 aromatic rings. The maximum Gasteiger partial charge on any atom is 0.349 e. The van der Waals surface area contributed by atoms with Crippen LogP contribution >= 0.6 is 27.3 Å². The number of amides is 1. The van der Waals surface area contributed by atoms with Crippen molar-refractivity contribution in [2.45, 2.75) is 12.8 Å². The number of esters is 1. The topological polar surface area (TPSA) is 85.6 Å². The Morgan fingerprint density at radius 3 is 2.53 bits per heavy atom. The van der Waals surface area contributed by atoms with E-state index in [9.17, 15) is 14.4 Å². The first-order chi connectivity index (χ1) is 15.4. The Morgan fingerprint density at radius 1 is 1.06 bits per heavy atom. The van der Waals surface area contributed by atoms with Gasteiger partial charge in [-0.15, -0.1) is 11.3 Å². The van der Waals surface area contributed by atoms with Gasteiger partial charge in [-0.25, -0.2) is 9.59 Å². The maximum atomic E-state index is 12.9. The van der Waals surface area contributed by atoms with Crippen LogP contribution in [0.1, 0.15) is 44.0 Å². The fourth-order valence-electron chi connectivity index (χ4n) is 3.31. The van der Waals surface area contributed by atoms with E-state index >= 15 is 0 Å². The second kappa shape index (κ2) is 9.10. The van der Waals surface area contributed by atoms with Gasteiger partial charge in [0.2, 0.25) is 0 Å². The molecule has 0 radical (unpaired) electrons. The summed E-state index contributed by atoms with van der Waals surface area (Å²) in [6, 6.07) is 18.1. The van der Waals surface area contributed by atoms with Crippen LogP contribution in [0.3, 0.4) is 0 Å². The number of carbonyl (C=O) groups excluding carboxylic acids is 2. The number of anilines is 1. The number of benzene rings is 2. The highest BCUT2D eigenvalue weighted by atomic mass is 79.9. The second-order valence-corrected chi connectivity index (χ2v) is 9.10. The van der Waals surface area contributed by atoms with E-state index < -0.39 is 17.5 Å². The first-order valence-electron chi connectivity index (χ1n) is 9.69. The highest BCUT2D eigenvalue weighted by molar-refractivity contribution is 9.10. The van der Waals surface area contributed by atoms with Crippen molar-refractivity contribution in [3.63, 3.8) is 0 Å². The molecule has 0 spiro atoms. The molecule has 0 saturated heterocycles. The minimum atomic E-state index is -0.758. The molecule has 0 unspecified atom stereocenters.